The maximum Gasteiger partial charge on any atom is 0.261 e. The predicted octanol–water partition coefficient (Wildman–Crippen LogP) is 4.71. The van der Waals surface area contributed by atoms with Crippen molar-refractivity contribution in [2.75, 3.05) is 10.0 Å². The predicted molar refractivity (Wildman–Crippen MR) is 122 cm³/mol. The molecule has 1 amide bonds. The number of aromatic nitrogens is 2. The number of halogens is 1. The lowest BCUT2D eigenvalue weighted by molar-refractivity contribution is 0.102. The molecule has 0 saturated carbocycles. The minimum atomic E-state index is -4.01. The number of hydrogen-bond donors (Lipinski definition) is 2. The zero-order chi connectivity index (χ0) is 22.7. The molecule has 0 aliphatic rings. The average molecular weight is 469 g/mol. The van der Waals surface area contributed by atoms with Gasteiger partial charge in [0.1, 0.15) is 11.5 Å². The number of rotatable bonds is 6. The van der Waals surface area contributed by atoms with Crippen LogP contribution in [0.3, 0.4) is 0 Å². The second-order valence-corrected chi connectivity index (χ2v) is 9.21. The van der Waals surface area contributed by atoms with Gasteiger partial charge >= 0.3 is 0 Å². The Morgan fingerprint density at radius 1 is 1.00 bits per heavy atom. The molecule has 4 aromatic rings. The van der Waals surface area contributed by atoms with Gasteiger partial charge in [0.15, 0.2) is 0 Å². The van der Waals surface area contributed by atoms with E-state index < -0.39 is 21.7 Å². The molecule has 2 N–H and O–H groups in total. The van der Waals surface area contributed by atoms with Crippen LogP contribution in [-0.4, -0.2) is 23.9 Å². The highest BCUT2D eigenvalue weighted by Gasteiger charge is 2.17. The van der Waals surface area contributed by atoms with Crippen LogP contribution < -0.4 is 10.0 Å². The molecule has 0 bridgehead atoms. The molecule has 0 unspecified atom stereocenters. The second kappa shape index (κ2) is 8.85. The van der Waals surface area contributed by atoms with Gasteiger partial charge in [0.05, 0.1) is 4.90 Å². The van der Waals surface area contributed by atoms with E-state index in [0.29, 0.717) is 11.3 Å². The van der Waals surface area contributed by atoms with Crippen LogP contribution in [0.25, 0.3) is 11.3 Å². The number of amides is 1. The van der Waals surface area contributed by atoms with E-state index >= 15 is 0 Å². The second-order valence-electron chi connectivity index (χ2n) is 6.92. The van der Waals surface area contributed by atoms with E-state index in [1.54, 1.807) is 31.2 Å². The number of hydrogen-bond acceptors (Lipinski definition) is 6. The molecule has 0 aliphatic heterocycles. The van der Waals surface area contributed by atoms with Crippen molar-refractivity contribution >= 4 is 38.8 Å². The van der Waals surface area contributed by atoms with Crippen LogP contribution in [-0.2, 0) is 10.0 Å². The Kier molecular flexibility index (Phi) is 5.97. The molecule has 3 aromatic carbocycles. The van der Waals surface area contributed by atoms with Crippen molar-refractivity contribution in [3.8, 4) is 11.3 Å². The lowest BCUT2D eigenvalue weighted by atomic mass is 10.1. The third-order valence-electron chi connectivity index (χ3n) is 4.63. The van der Waals surface area contributed by atoms with Crippen LogP contribution in [0.15, 0.2) is 77.0 Å². The summed E-state index contributed by atoms with van der Waals surface area (Å²) in [5.74, 6) is -1.02. The fourth-order valence-electron chi connectivity index (χ4n) is 2.90. The summed E-state index contributed by atoms with van der Waals surface area (Å²) in [6.45, 7) is 1.55. The first-order chi connectivity index (χ1) is 15.3. The van der Waals surface area contributed by atoms with Gasteiger partial charge in [-0.25, -0.2) is 12.8 Å². The Morgan fingerprint density at radius 2 is 1.78 bits per heavy atom. The van der Waals surface area contributed by atoms with Crippen molar-refractivity contribution in [2.45, 2.75) is 11.8 Å². The fraction of sp³-hybridized carbons (Fsp3) is 0.0455. The van der Waals surface area contributed by atoms with Crippen molar-refractivity contribution in [3.63, 3.8) is 0 Å². The molecule has 162 valence electrons. The third-order valence-corrected chi connectivity index (χ3v) is 6.51. The summed E-state index contributed by atoms with van der Waals surface area (Å²) < 4.78 is 45.1. The van der Waals surface area contributed by atoms with Crippen LogP contribution in [0, 0.1) is 12.7 Å². The van der Waals surface area contributed by atoms with E-state index in [0.717, 1.165) is 17.3 Å². The number of carbonyl (C=O) groups excluding carboxylic acids is 1. The number of carbonyl (C=O) groups is 1. The zero-order valence-electron chi connectivity index (χ0n) is 16.7. The van der Waals surface area contributed by atoms with E-state index in [1.807, 2.05) is 17.5 Å². The summed E-state index contributed by atoms with van der Waals surface area (Å²) >= 11 is 1.25. The van der Waals surface area contributed by atoms with Gasteiger partial charge in [-0.3, -0.25) is 9.52 Å². The maximum atomic E-state index is 13.8. The molecular formula is C22H17FN4O3S2. The minimum Gasteiger partial charge on any atom is -0.322 e. The zero-order valence-corrected chi connectivity index (χ0v) is 18.4. The number of anilines is 2. The summed E-state index contributed by atoms with van der Waals surface area (Å²) in [5, 5.41) is 8.59. The van der Waals surface area contributed by atoms with Gasteiger partial charge in [-0.15, -0.1) is 5.10 Å². The SMILES string of the molecule is Cc1ccc(S(=O)(=O)Nc2cccc(C(=O)Nc3ccc(-c4csnn4)cc3)c2)cc1F. The monoisotopic (exact) mass is 468 g/mol. The summed E-state index contributed by atoms with van der Waals surface area (Å²) in [6.07, 6.45) is 0. The summed E-state index contributed by atoms with van der Waals surface area (Å²) in [5.41, 5.74) is 2.99. The standard InChI is InChI=1S/C22H17FN4O3S2/c1-14-5-10-19(12-20(14)23)32(29,30)26-18-4-2-3-16(11-18)22(28)24-17-8-6-15(7-9-17)21-13-31-27-25-21/h2-13,26H,1H3,(H,24,28). The summed E-state index contributed by atoms with van der Waals surface area (Å²) in [7, 11) is -4.01. The molecule has 0 fully saturated rings. The lowest BCUT2D eigenvalue weighted by Crippen LogP contribution is -2.15. The highest BCUT2D eigenvalue weighted by molar-refractivity contribution is 7.92. The fourth-order valence-corrected chi connectivity index (χ4v) is 4.42. The topological polar surface area (TPSA) is 101 Å². The third kappa shape index (κ3) is 4.82. The molecular weight excluding hydrogens is 451 g/mol. The molecule has 0 spiro atoms. The van der Waals surface area contributed by atoms with Gasteiger partial charge in [0, 0.05) is 27.9 Å². The molecule has 0 aliphatic carbocycles. The van der Waals surface area contributed by atoms with Gasteiger partial charge in [-0.05, 0) is 66.5 Å². The van der Waals surface area contributed by atoms with E-state index in [1.165, 1.54) is 35.8 Å². The Balaban J connectivity index is 1.48. The Bertz CT molecular complexity index is 1370. The number of aryl methyl sites for hydroxylation is 1. The van der Waals surface area contributed by atoms with Crippen molar-refractivity contribution in [1.82, 2.24) is 9.59 Å². The van der Waals surface area contributed by atoms with E-state index in [-0.39, 0.29) is 16.1 Å². The molecule has 1 heterocycles. The highest BCUT2D eigenvalue weighted by atomic mass is 32.2. The quantitative estimate of drug-likeness (QED) is 0.427. The largest absolute Gasteiger partial charge is 0.322 e. The minimum absolute atomic E-state index is 0.185. The first-order valence-corrected chi connectivity index (χ1v) is 11.7. The lowest BCUT2D eigenvalue weighted by Gasteiger charge is -2.11. The highest BCUT2D eigenvalue weighted by Crippen LogP contribution is 2.22. The van der Waals surface area contributed by atoms with Crippen molar-refractivity contribution in [1.29, 1.82) is 0 Å². The first-order valence-electron chi connectivity index (χ1n) is 9.40. The van der Waals surface area contributed by atoms with Crippen LogP contribution in [0.1, 0.15) is 15.9 Å². The van der Waals surface area contributed by atoms with E-state index in [2.05, 4.69) is 19.6 Å². The van der Waals surface area contributed by atoms with Crippen molar-refractivity contribution < 1.29 is 17.6 Å². The molecule has 0 atom stereocenters. The number of nitrogens with zero attached hydrogens (tertiary/aromatic N) is 2. The van der Waals surface area contributed by atoms with Gasteiger partial charge < -0.3 is 5.32 Å². The molecule has 4 rings (SSSR count). The Hall–Kier alpha value is -3.63. The van der Waals surface area contributed by atoms with E-state index in [4.69, 9.17) is 0 Å². The van der Waals surface area contributed by atoms with Crippen LogP contribution in [0.2, 0.25) is 0 Å². The van der Waals surface area contributed by atoms with Gasteiger partial charge in [-0.2, -0.15) is 0 Å². The summed E-state index contributed by atoms with van der Waals surface area (Å²) in [6, 6.07) is 16.8. The van der Waals surface area contributed by atoms with Crippen LogP contribution >= 0.6 is 11.5 Å². The maximum absolute atomic E-state index is 13.8. The van der Waals surface area contributed by atoms with E-state index in [9.17, 15) is 17.6 Å². The smallest absolute Gasteiger partial charge is 0.261 e. The normalized spacial score (nSPS) is 11.2. The van der Waals surface area contributed by atoms with Gasteiger partial charge in [0.2, 0.25) is 0 Å². The van der Waals surface area contributed by atoms with Crippen LogP contribution in [0.4, 0.5) is 15.8 Å². The molecule has 10 heteroatoms. The number of benzene rings is 3. The van der Waals surface area contributed by atoms with Gasteiger partial charge in [0.25, 0.3) is 15.9 Å². The molecule has 0 saturated heterocycles. The summed E-state index contributed by atoms with van der Waals surface area (Å²) in [4.78, 5) is 12.4. The molecule has 0 radical (unpaired) electrons. The molecule has 1 aromatic heterocycles. The first kappa shape index (κ1) is 21.6. The Labute approximate surface area is 188 Å². The molecule has 7 nitrogen and oxygen atoms in total. The van der Waals surface area contributed by atoms with Crippen molar-refractivity contribution in [3.05, 3.63) is 89.1 Å². The average Bonchev–Trinajstić information content (AvgIpc) is 3.31. The Morgan fingerprint density at radius 3 is 2.47 bits per heavy atom. The number of sulfonamides is 1. The van der Waals surface area contributed by atoms with Crippen LogP contribution in [0.5, 0.6) is 0 Å². The van der Waals surface area contributed by atoms with Gasteiger partial charge in [-0.1, -0.05) is 28.8 Å². The van der Waals surface area contributed by atoms with Crippen molar-refractivity contribution in [2.24, 2.45) is 0 Å². The molecule has 32 heavy (non-hydrogen) atoms. The number of nitrogens with one attached hydrogen (secondary N) is 2.